The van der Waals surface area contributed by atoms with Gasteiger partial charge in [0.15, 0.2) is 11.6 Å². The molecule has 6 heteroatoms. The molecule has 21 heavy (non-hydrogen) atoms. The number of aromatic nitrogens is 1. The first-order valence-corrected chi connectivity index (χ1v) is 6.79. The van der Waals surface area contributed by atoms with Gasteiger partial charge in [0.05, 0.1) is 15.6 Å². The van der Waals surface area contributed by atoms with Gasteiger partial charge in [-0.2, -0.15) is 0 Å². The van der Waals surface area contributed by atoms with Crippen LogP contribution in [0.3, 0.4) is 0 Å². The number of nitrogens with zero attached hydrogens (tertiary/aromatic N) is 1. The second-order valence-corrected chi connectivity index (χ2v) is 5.17. The van der Waals surface area contributed by atoms with E-state index < -0.39 is 5.82 Å². The zero-order valence-electron chi connectivity index (χ0n) is 10.6. The highest BCUT2D eigenvalue weighted by molar-refractivity contribution is 6.33. The van der Waals surface area contributed by atoms with Crippen LogP contribution in [0.1, 0.15) is 0 Å². The van der Waals surface area contributed by atoms with Crippen LogP contribution in [0.5, 0.6) is 0 Å². The van der Waals surface area contributed by atoms with Crippen LogP contribution in [0.4, 0.5) is 10.2 Å². The molecule has 0 aliphatic heterocycles. The summed E-state index contributed by atoms with van der Waals surface area (Å²) in [6.45, 7) is 0. The number of rotatable bonds is 2. The van der Waals surface area contributed by atoms with Crippen LogP contribution in [-0.4, -0.2) is 5.16 Å². The monoisotopic (exact) mass is 322 g/mol. The van der Waals surface area contributed by atoms with E-state index in [0.717, 1.165) is 0 Å². The smallest absolute Gasteiger partial charge is 0.178 e. The topological polar surface area (TPSA) is 52.0 Å². The molecular weight excluding hydrogens is 314 g/mol. The Morgan fingerprint density at radius 3 is 2.38 bits per heavy atom. The Kier molecular flexibility index (Phi) is 3.57. The van der Waals surface area contributed by atoms with Crippen molar-refractivity contribution < 1.29 is 8.91 Å². The molecule has 106 valence electrons. The van der Waals surface area contributed by atoms with Crippen LogP contribution in [0.25, 0.3) is 22.5 Å². The van der Waals surface area contributed by atoms with E-state index in [1.54, 1.807) is 36.4 Å². The number of anilines is 1. The predicted molar refractivity (Wildman–Crippen MR) is 81.8 cm³/mol. The first kappa shape index (κ1) is 13.9. The van der Waals surface area contributed by atoms with Crippen LogP contribution < -0.4 is 5.73 Å². The summed E-state index contributed by atoms with van der Waals surface area (Å²) in [4.78, 5) is 0. The Balaban J connectivity index is 2.28. The maximum absolute atomic E-state index is 14.3. The lowest BCUT2D eigenvalue weighted by Gasteiger charge is -2.06. The SMILES string of the molecule is Nc1noc(-c2ccccc2Cl)c1-c1cccc(Cl)c1F. The quantitative estimate of drug-likeness (QED) is 0.719. The van der Waals surface area contributed by atoms with Crippen molar-refractivity contribution in [3.8, 4) is 22.5 Å². The van der Waals surface area contributed by atoms with Crippen LogP contribution >= 0.6 is 23.2 Å². The molecule has 0 radical (unpaired) electrons. The highest BCUT2D eigenvalue weighted by Crippen LogP contribution is 2.41. The zero-order chi connectivity index (χ0) is 15.0. The molecular formula is C15H9Cl2FN2O. The second kappa shape index (κ2) is 5.39. The minimum Gasteiger partial charge on any atom is -0.380 e. The molecule has 2 N–H and O–H groups in total. The predicted octanol–water partition coefficient (Wildman–Crippen LogP) is 5.04. The minimum atomic E-state index is -0.581. The Morgan fingerprint density at radius 2 is 1.62 bits per heavy atom. The number of hydrogen-bond acceptors (Lipinski definition) is 3. The van der Waals surface area contributed by atoms with E-state index in [1.165, 1.54) is 6.07 Å². The minimum absolute atomic E-state index is 0.00166. The third-order valence-corrected chi connectivity index (χ3v) is 3.68. The van der Waals surface area contributed by atoms with Crippen molar-refractivity contribution in [2.24, 2.45) is 0 Å². The van der Waals surface area contributed by atoms with E-state index in [2.05, 4.69) is 5.16 Å². The molecule has 2 aromatic carbocycles. The van der Waals surface area contributed by atoms with Crippen molar-refractivity contribution in [2.45, 2.75) is 0 Å². The van der Waals surface area contributed by atoms with Gasteiger partial charge < -0.3 is 10.3 Å². The summed E-state index contributed by atoms with van der Waals surface area (Å²) >= 11 is 12.0. The first-order chi connectivity index (χ1) is 10.1. The van der Waals surface area contributed by atoms with E-state index in [9.17, 15) is 4.39 Å². The maximum atomic E-state index is 14.3. The van der Waals surface area contributed by atoms with E-state index in [1.807, 2.05) is 0 Å². The fraction of sp³-hybridized carbons (Fsp3) is 0. The molecule has 1 heterocycles. The molecule has 0 aliphatic rings. The summed E-state index contributed by atoms with van der Waals surface area (Å²) in [5, 5.41) is 4.17. The van der Waals surface area contributed by atoms with Crippen LogP contribution in [0.15, 0.2) is 47.0 Å². The van der Waals surface area contributed by atoms with Crippen LogP contribution in [-0.2, 0) is 0 Å². The molecule has 3 nitrogen and oxygen atoms in total. The maximum Gasteiger partial charge on any atom is 0.178 e. The van der Waals surface area contributed by atoms with Gasteiger partial charge in [0.2, 0.25) is 0 Å². The molecule has 0 saturated carbocycles. The molecule has 1 aromatic heterocycles. The number of nitrogen functional groups attached to an aromatic ring is 1. The van der Waals surface area contributed by atoms with Gasteiger partial charge in [0.1, 0.15) is 5.82 Å². The lowest BCUT2D eigenvalue weighted by molar-refractivity contribution is 0.436. The van der Waals surface area contributed by atoms with E-state index in [4.69, 9.17) is 33.5 Å². The molecule has 3 aromatic rings. The number of benzene rings is 2. The van der Waals surface area contributed by atoms with Crippen molar-refractivity contribution >= 4 is 29.0 Å². The Hall–Kier alpha value is -2.04. The fourth-order valence-corrected chi connectivity index (χ4v) is 2.48. The lowest BCUT2D eigenvalue weighted by Crippen LogP contribution is -1.92. The van der Waals surface area contributed by atoms with Gasteiger partial charge in [-0.25, -0.2) is 4.39 Å². The molecule has 0 fully saturated rings. The fourth-order valence-electron chi connectivity index (χ4n) is 2.09. The highest BCUT2D eigenvalue weighted by atomic mass is 35.5. The van der Waals surface area contributed by atoms with E-state index >= 15 is 0 Å². The third-order valence-electron chi connectivity index (χ3n) is 3.06. The summed E-state index contributed by atoms with van der Waals surface area (Å²) in [5.41, 5.74) is 6.96. The Labute approximate surface area is 130 Å². The number of nitrogens with two attached hydrogens (primary N) is 1. The average Bonchev–Trinajstić information content (AvgIpc) is 2.84. The van der Waals surface area contributed by atoms with Crippen LogP contribution in [0, 0.1) is 5.82 Å². The van der Waals surface area contributed by atoms with E-state index in [0.29, 0.717) is 21.9 Å². The number of halogens is 3. The zero-order valence-corrected chi connectivity index (χ0v) is 12.1. The molecule has 3 rings (SSSR count). The second-order valence-electron chi connectivity index (χ2n) is 4.35. The van der Waals surface area contributed by atoms with Gasteiger partial charge in [0, 0.05) is 11.1 Å². The number of hydrogen-bond donors (Lipinski definition) is 1. The molecule has 0 atom stereocenters. The largest absolute Gasteiger partial charge is 0.380 e. The molecule has 0 aliphatic carbocycles. The van der Waals surface area contributed by atoms with Crippen molar-refractivity contribution in [1.82, 2.24) is 5.16 Å². The normalized spacial score (nSPS) is 10.8. The van der Waals surface area contributed by atoms with Gasteiger partial charge in [0.25, 0.3) is 0 Å². The first-order valence-electron chi connectivity index (χ1n) is 6.04. The average molecular weight is 323 g/mol. The Morgan fingerprint density at radius 1 is 0.952 bits per heavy atom. The van der Waals surface area contributed by atoms with Crippen molar-refractivity contribution in [3.05, 3.63) is 58.3 Å². The molecule has 0 saturated heterocycles. The van der Waals surface area contributed by atoms with Gasteiger partial charge in [-0.15, -0.1) is 0 Å². The lowest BCUT2D eigenvalue weighted by atomic mass is 10.0. The van der Waals surface area contributed by atoms with Gasteiger partial charge in [-0.1, -0.05) is 52.6 Å². The molecule has 0 amide bonds. The molecule has 0 spiro atoms. The van der Waals surface area contributed by atoms with Crippen molar-refractivity contribution in [3.63, 3.8) is 0 Å². The van der Waals surface area contributed by atoms with Crippen molar-refractivity contribution in [1.29, 1.82) is 0 Å². The standard InChI is InChI=1S/C15H9Cl2FN2O/c16-10-6-2-1-4-8(10)14-12(15(19)20-21-14)9-5-3-7-11(17)13(9)18/h1-7H,(H2,19,20). The van der Waals surface area contributed by atoms with Gasteiger partial charge in [-0.05, 0) is 18.2 Å². The Bertz CT molecular complexity index is 817. The van der Waals surface area contributed by atoms with Crippen molar-refractivity contribution in [2.75, 3.05) is 5.73 Å². The van der Waals surface area contributed by atoms with Gasteiger partial charge >= 0.3 is 0 Å². The summed E-state index contributed by atoms with van der Waals surface area (Å²) in [6, 6.07) is 11.7. The summed E-state index contributed by atoms with van der Waals surface area (Å²) in [6.07, 6.45) is 0. The van der Waals surface area contributed by atoms with Gasteiger partial charge in [-0.3, -0.25) is 0 Å². The summed E-state index contributed by atoms with van der Waals surface area (Å²) < 4.78 is 19.5. The third kappa shape index (κ3) is 2.37. The van der Waals surface area contributed by atoms with Crippen LogP contribution in [0.2, 0.25) is 10.0 Å². The highest BCUT2D eigenvalue weighted by Gasteiger charge is 2.22. The summed E-state index contributed by atoms with van der Waals surface area (Å²) in [5.74, 6) is -0.201. The molecule has 0 bridgehead atoms. The summed E-state index contributed by atoms with van der Waals surface area (Å²) in [7, 11) is 0. The molecule has 0 unspecified atom stereocenters. The van der Waals surface area contributed by atoms with E-state index in [-0.39, 0.29) is 16.4 Å².